The number of halogens is 1. The lowest BCUT2D eigenvalue weighted by Crippen LogP contribution is -2.45. The number of hydrazine groups is 1. The Balaban J connectivity index is 0.00000144. The van der Waals surface area contributed by atoms with Crippen LogP contribution in [0.2, 0.25) is 0 Å². The lowest BCUT2D eigenvalue weighted by Gasteiger charge is -2.31. The minimum atomic E-state index is 0. The summed E-state index contributed by atoms with van der Waals surface area (Å²) in [6.45, 7) is 1.02. The summed E-state index contributed by atoms with van der Waals surface area (Å²) >= 11 is 0. The molecule has 0 amide bonds. The van der Waals surface area contributed by atoms with E-state index in [2.05, 4.69) is 12.1 Å². The van der Waals surface area contributed by atoms with Crippen LogP contribution in [0.3, 0.4) is 0 Å². The van der Waals surface area contributed by atoms with Crippen LogP contribution in [0.1, 0.15) is 24.8 Å². The Morgan fingerprint density at radius 3 is 2.94 bits per heavy atom. The number of ether oxygens (including phenoxy) is 1. The molecule has 17 heavy (non-hydrogen) atoms. The SMILES string of the molecule is COc1cccc(CC2CCCCN2N)c1.Cl. The van der Waals surface area contributed by atoms with Gasteiger partial charge in [-0.1, -0.05) is 18.6 Å². The number of nitrogens with zero attached hydrogens (tertiary/aromatic N) is 1. The highest BCUT2D eigenvalue weighted by Crippen LogP contribution is 2.20. The monoisotopic (exact) mass is 256 g/mol. The molecular formula is C13H21ClN2O. The molecule has 3 nitrogen and oxygen atoms in total. The summed E-state index contributed by atoms with van der Waals surface area (Å²) in [5, 5.41) is 1.99. The summed E-state index contributed by atoms with van der Waals surface area (Å²) in [4.78, 5) is 0. The molecule has 1 heterocycles. The van der Waals surface area contributed by atoms with Crippen molar-refractivity contribution in [3.8, 4) is 5.75 Å². The van der Waals surface area contributed by atoms with E-state index in [9.17, 15) is 0 Å². The summed E-state index contributed by atoms with van der Waals surface area (Å²) in [6, 6.07) is 8.75. The summed E-state index contributed by atoms with van der Waals surface area (Å²) in [5.41, 5.74) is 1.31. The first-order chi connectivity index (χ1) is 7.79. The molecule has 0 radical (unpaired) electrons. The fourth-order valence-electron chi connectivity index (χ4n) is 2.31. The Kier molecular flexibility index (Phi) is 5.75. The molecule has 1 aliphatic heterocycles. The fourth-order valence-corrected chi connectivity index (χ4v) is 2.31. The van der Waals surface area contributed by atoms with E-state index >= 15 is 0 Å². The molecule has 1 atom stereocenters. The minimum Gasteiger partial charge on any atom is -0.497 e. The predicted octanol–water partition coefficient (Wildman–Crippen LogP) is 2.39. The highest BCUT2D eigenvalue weighted by atomic mass is 35.5. The van der Waals surface area contributed by atoms with Gasteiger partial charge in [0.2, 0.25) is 0 Å². The predicted molar refractivity (Wildman–Crippen MR) is 72.5 cm³/mol. The molecule has 1 fully saturated rings. The van der Waals surface area contributed by atoms with E-state index in [4.69, 9.17) is 10.6 Å². The van der Waals surface area contributed by atoms with E-state index in [-0.39, 0.29) is 12.4 Å². The molecule has 1 unspecified atom stereocenters. The number of methoxy groups -OCH3 is 1. The largest absolute Gasteiger partial charge is 0.497 e. The van der Waals surface area contributed by atoms with Crippen LogP contribution < -0.4 is 10.6 Å². The Morgan fingerprint density at radius 1 is 1.41 bits per heavy atom. The van der Waals surface area contributed by atoms with Crippen LogP contribution in [0.4, 0.5) is 0 Å². The van der Waals surface area contributed by atoms with Gasteiger partial charge in [0, 0.05) is 12.6 Å². The van der Waals surface area contributed by atoms with Gasteiger partial charge in [-0.2, -0.15) is 0 Å². The smallest absolute Gasteiger partial charge is 0.119 e. The van der Waals surface area contributed by atoms with Crippen LogP contribution in [0.15, 0.2) is 24.3 Å². The molecule has 4 heteroatoms. The Labute approximate surface area is 109 Å². The zero-order valence-electron chi connectivity index (χ0n) is 10.3. The zero-order chi connectivity index (χ0) is 11.4. The molecule has 96 valence electrons. The summed E-state index contributed by atoms with van der Waals surface area (Å²) < 4.78 is 5.23. The van der Waals surface area contributed by atoms with Crippen molar-refractivity contribution in [2.75, 3.05) is 13.7 Å². The van der Waals surface area contributed by atoms with Gasteiger partial charge in [0.25, 0.3) is 0 Å². The molecule has 2 rings (SSSR count). The van der Waals surface area contributed by atoms with Gasteiger partial charge in [-0.3, -0.25) is 5.84 Å². The second-order valence-electron chi connectivity index (χ2n) is 4.44. The number of rotatable bonds is 3. The summed E-state index contributed by atoms with van der Waals surface area (Å²) in [7, 11) is 1.70. The molecule has 0 saturated carbocycles. The molecule has 0 spiro atoms. The van der Waals surface area contributed by atoms with Crippen molar-refractivity contribution >= 4 is 12.4 Å². The third-order valence-corrected chi connectivity index (χ3v) is 3.28. The van der Waals surface area contributed by atoms with Gasteiger partial charge in [-0.15, -0.1) is 12.4 Å². The first kappa shape index (κ1) is 14.3. The number of piperidine rings is 1. The maximum Gasteiger partial charge on any atom is 0.119 e. The Bertz CT molecular complexity index is 346. The van der Waals surface area contributed by atoms with Gasteiger partial charge >= 0.3 is 0 Å². The van der Waals surface area contributed by atoms with E-state index in [1.165, 1.54) is 24.8 Å². The van der Waals surface area contributed by atoms with Crippen molar-refractivity contribution in [3.05, 3.63) is 29.8 Å². The number of hydrogen-bond donors (Lipinski definition) is 1. The van der Waals surface area contributed by atoms with E-state index < -0.39 is 0 Å². The maximum atomic E-state index is 6.00. The van der Waals surface area contributed by atoms with Crippen molar-refractivity contribution in [2.24, 2.45) is 5.84 Å². The van der Waals surface area contributed by atoms with Crippen LogP contribution in [0.5, 0.6) is 5.75 Å². The molecule has 1 aromatic carbocycles. The van der Waals surface area contributed by atoms with Gasteiger partial charge in [-0.05, 0) is 37.0 Å². The van der Waals surface area contributed by atoms with Crippen LogP contribution >= 0.6 is 12.4 Å². The lowest BCUT2D eigenvalue weighted by molar-refractivity contribution is 0.150. The van der Waals surface area contributed by atoms with Gasteiger partial charge in [-0.25, -0.2) is 5.01 Å². The zero-order valence-corrected chi connectivity index (χ0v) is 11.1. The van der Waals surface area contributed by atoms with Gasteiger partial charge < -0.3 is 4.74 Å². The topological polar surface area (TPSA) is 38.5 Å². The second kappa shape index (κ2) is 6.84. The van der Waals surface area contributed by atoms with E-state index in [0.717, 1.165) is 18.7 Å². The Hall–Kier alpha value is -0.770. The van der Waals surface area contributed by atoms with E-state index in [1.54, 1.807) is 7.11 Å². The molecule has 0 bridgehead atoms. The summed E-state index contributed by atoms with van der Waals surface area (Å²) in [6.07, 6.45) is 4.74. The van der Waals surface area contributed by atoms with Crippen molar-refractivity contribution in [1.29, 1.82) is 0 Å². The lowest BCUT2D eigenvalue weighted by atomic mass is 9.97. The van der Waals surface area contributed by atoms with Gasteiger partial charge in [0.15, 0.2) is 0 Å². The Morgan fingerprint density at radius 2 is 2.24 bits per heavy atom. The van der Waals surface area contributed by atoms with Crippen LogP contribution in [-0.2, 0) is 6.42 Å². The molecule has 0 aromatic heterocycles. The number of hydrogen-bond acceptors (Lipinski definition) is 3. The highest BCUT2D eigenvalue weighted by molar-refractivity contribution is 5.85. The van der Waals surface area contributed by atoms with E-state index in [1.807, 2.05) is 17.1 Å². The minimum absolute atomic E-state index is 0. The number of nitrogens with two attached hydrogens (primary N) is 1. The number of benzene rings is 1. The van der Waals surface area contributed by atoms with Crippen molar-refractivity contribution in [3.63, 3.8) is 0 Å². The average Bonchev–Trinajstić information content (AvgIpc) is 2.32. The summed E-state index contributed by atoms with van der Waals surface area (Å²) in [5.74, 6) is 6.93. The molecular weight excluding hydrogens is 236 g/mol. The molecule has 1 aromatic rings. The highest BCUT2D eigenvalue weighted by Gasteiger charge is 2.19. The van der Waals surface area contributed by atoms with Crippen molar-refractivity contribution in [2.45, 2.75) is 31.7 Å². The molecule has 2 N–H and O–H groups in total. The standard InChI is InChI=1S/C13H20N2O.ClH/c1-16-13-7-4-5-11(10-13)9-12-6-2-3-8-15(12)14;/h4-5,7,10,12H,2-3,6,8-9,14H2,1H3;1H. The van der Waals surface area contributed by atoms with Crippen molar-refractivity contribution in [1.82, 2.24) is 5.01 Å². The van der Waals surface area contributed by atoms with Crippen LogP contribution in [-0.4, -0.2) is 24.7 Å². The first-order valence-corrected chi connectivity index (χ1v) is 5.94. The van der Waals surface area contributed by atoms with E-state index in [0.29, 0.717) is 6.04 Å². The molecule has 0 aliphatic carbocycles. The fraction of sp³-hybridized carbons (Fsp3) is 0.538. The normalized spacial score (nSPS) is 20.7. The van der Waals surface area contributed by atoms with Crippen molar-refractivity contribution < 1.29 is 4.74 Å². The van der Waals surface area contributed by atoms with Crippen LogP contribution in [0.25, 0.3) is 0 Å². The van der Waals surface area contributed by atoms with Crippen LogP contribution in [0, 0.1) is 0 Å². The average molecular weight is 257 g/mol. The first-order valence-electron chi connectivity index (χ1n) is 5.94. The molecule has 1 saturated heterocycles. The van der Waals surface area contributed by atoms with Gasteiger partial charge in [0.05, 0.1) is 7.11 Å². The maximum absolute atomic E-state index is 6.00. The quantitative estimate of drug-likeness (QED) is 0.844. The second-order valence-corrected chi connectivity index (χ2v) is 4.44. The molecule has 1 aliphatic rings. The third-order valence-electron chi connectivity index (χ3n) is 3.28. The van der Waals surface area contributed by atoms with Gasteiger partial charge in [0.1, 0.15) is 5.75 Å². The third kappa shape index (κ3) is 3.87.